The summed E-state index contributed by atoms with van der Waals surface area (Å²) in [6, 6.07) is 22.5. The van der Waals surface area contributed by atoms with Gasteiger partial charge in [0.25, 0.3) is 0 Å². The average molecular weight is 407 g/mol. The van der Waals surface area contributed by atoms with Gasteiger partial charge in [0.1, 0.15) is 5.37 Å². The number of fused-ring (bicyclic) bond motifs is 1. The first-order chi connectivity index (χ1) is 14.2. The van der Waals surface area contributed by atoms with Gasteiger partial charge in [-0.2, -0.15) is 0 Å². The Balaban J connectivity index is 1.34. The van der Waals surface area contributed by atoms with Crippen LogP contribution in [0.15, 0.2) is 71.6 Å². The van der Waals surface area contributed by atoms with E-state index in [-0.39, 0.29) is 5.37 Å². The normalized spacial score (nSPS) is 14.8. The van der Waals surface area contributed by atoms with Gasteiger partial charge in [-0.3, -0.25) is 9.78 Å². The highest BCUT2D eigenvalue weighted by Gasteiger charge is 2.22. The molecule has 150 valence electrons. The molecule has 0 saturated heterocycles. The van der Waals surface area contributed by atoms with Gasteiger partial charge in [0.15, 0.2) is 11.5 Å². The average Bonchev–Trinajstić information content (AvgIpc) is 3.17. The van der Waals surface area contributed by atoms with Gasteiger partial charge in [0.2, 0.25) is 0 Å². The van der Waals surface area contributed by atoms with Gasteiger partial charge in [0, 0.05) is 29.4 Å². The van der Waals surface area contributed by atoms with Crippen LogP contribution in [-0.2, 0) is 0 Å². The van der Waals surface area contributed by atoms with Crippen molar-refractivity contribution in [1.82, 2.24) is 0 Å². The molecule has 4 rings (SSSR count). The highest BCUT2D eigenvalue weighted by molar-refractivity contribution is 8.00. The molecule has 29 heavy (non-hydrogen) atoms. The molecule has 1 aliphatic rings. The number of benzene rings is 3. The van der Waals surface area contributed by atoms with E-state index in [1.807, 2.05) is 36.0 Å². The number of nitrogens with zero attached hydrogens (tertiary/aromatic N) is 1. The predicted octanol–water partition coefficient (Wildman–Crippen LogP) is 6.43. The van der Waals surface area contributed by atoms with E-state index in [1.54, 1.807) is 0 Å². The summed E-state index contributed by atoms with van der Waals surface area (Å²) >= 11 is 1.84. The van der Waals surface area contributed by atoms with Crippen LogP contribution in [0.25, 0.3) is 0 Å². The molecule has 3 aromatic rings. The van der Waals surface area contributed by atoms with E-state index in [0.717, 1.165) is 13.1 Å². The second-order valence-electron chi connectivity index (χ2n) is 7.04. The fraction of sp³-hybridized carbons (Fsp3) is 0.250. The maximum atomic E-state index is 5.50. The van der Waals surface area contributed by atoms with Crippen molar-refractivity contribution in [2.75, 3.05) is 23.3 Å². The zero-order chi connectivity index (χ0) is 20.2. The fourth-order valence-electron chi connectivity index (χ4n) is 3.39. The van der Waals surface area contributed by atoms with Crippen molar-refractivity contribution in [3.8, 4) is 11.5 Å². The largest absolute Gasteiger partial charge is 0.372 e. The topological polar surface area (TPSA) is 33.7 Å². The number of thioether (sulfide) groups is 1. The predicted molar refractivity (Wildman–Crippen MR) is 121 cm³/mol. The third-order valence-corrected chi connectivity index (χ3v) is 6.27. The summed E-state index contributed by atoms with van der Waals surface area (Å²) in [6.07, 6.45) is 0. The third-order valence-electron chi connectivity index (χ3n) is 5.05. The minimum atomic E-state index is 0.217. The van der Waals surface area contributed by atoms with Crippen molar-refractivity contribution in [1.29, 1.82) is 0 Å². The fourth-order valence-corrected chi connectivity index (χ4v) is 4.63. The Morgan fingerprint density at radius 1 is 0.862 bits per heavy atom. The number of rotatable bonds is 7. The smallest absolute Gasteiger partial charge is 0.178 e. The number of hydrogen-bond acceptors (Lipinski definition) is 5. The second kappa shape index (κ2) is 8.70. The molecule has 0 saturated carbocycles. The maximum Gasteiger partial charge on any atom is 0.178 e. The van der Waals surface area contributed by atoms with Gasteiger partial charge in [0.05, 0.1) is 0 Å². The summed E-state index contributed by atoms with van der Waals surface area (Å²) in [6.45, 7) is 8.40. The standard InChI is InChI=1S/C24H26N2O2S/c1-4-26(5-2)19-9-13-21(14-10-19)28-27-20-11-7-18(8-12-20)24-25-22-15-6-17(3)16-23(22)29-24/h6-16,24-25H,4-5H2,1-3H3. The lowest BCUT2D eigenvalue weighted by Crippen LogP contribution is -2.21. The minimum Gasteiger partial charge on any atom is -0.372 e. The van der Waals surface area contributed by atoms with Crippen molar-refractivity contribution in [3.63, 3.8) is 0 Å². The molecule has 1 unspecified atom stereocenters. The number of nitrogens with one attached hydrogen (secondary N) is 1. The maximum absolute atomic E-state index is 5.50. The summed E-state index contributed by atoms with van der Waals surface area (Å²) < 4.78 is 0. The zero-order valence-electron chi connectivity index (χ0n) is 17.0. The van der Waals surface area contributed by atoms with Crippen LogP contribution in [0.4, 0.5) is 11.4 Å². The number of anilines is 2. The second-order valence-corrected chi connectivity index (χ2v) is 8.19. The molecule has 1 N–H and O–H groups in total. The molecule has 1 atom stereocenters. The highest BCUT2D eigenvalue weighted by atomic mass is 32.2. The van der Waals surface area contributed by atoms with E-state index in [4.69, 9.17) is 9.78 Å². The Morgan fingerprint density at radius 3 is 2.10 bits per heavy atom. The molecule has 0 aliphatic carbocycles. The molecule has 1 heterocycles. The summed E-state index contributed by atoms with van der Waals surface area (Å²) in [4.78, 5) is 14.6. The van der Waals surface area contributed by atoms with Crippen LogP contribution in [0.5, 0.6) is 11.5 Å². The van der Waals surface area contributed by atoms with Crippen LogP contribution in [-0.4, -0.2) is 13.1 Å². The molecule has 0 spiro atoms. The molecule has 1 aliphatic heterocycles. The molecule has 0 aromatic heterocycles. The SMILES string of the molecule is CCN(CC)c1ccc(OOc2ccc(C3Nc4ccc(C)cc4S3)cc2)cc1. The van der Waals surface area contributed by atoms with Gasteiger partial charge < -0.3 is 10.2 Å². The van der Waals surface area contributed by atoms with Crippen molar-refractivity contribution >= 4 is 23.1 Å². The van der Waals surface area contributed by atoms with Crippen LogP contribution in [0, 0.1) is 6.92 Å². The quantitative estimate of drug-likeness (QED) is 0.361. The molecule has 5 heteroatoms. The van der Waals surface area contributed by atoms with Crippen LogP contribution in [0.1, 0.15) is 30.3 Å². The zero-order valence-corrected chi connectivity index (χ0v) is 17.8. The number of aryl methyl sites for hydroxylation is 1. The molecule has 4 nitrogen and oxygen atoms in total. The molecule has 0 fully saturated rings. The van der Waals surface area contributed by atoms with Gasteiger partial charge in [-0.1, -0.05) is 30.0 Å². The first-order valence-electron chi connectivity index (χ1n) is 9.99. The van der Waals surface area contributed by atoms with Crippen LogP contribution >= 0.6 is 11.8 Å². The van der Waals surface area contributed by atoms with E-state index >= 15 is 0 Å². The van der Waals surface area contributed by atoms with Gasteiger partial charge in [-0.15, -0.1) is 0 Å². The monoisotopic (exact) mass is 406 g/mol. The lowest BCUT2D eigenvalue weighted by atomic mass is 10.2. The summed E-state index contributed by atoms with van der Waals surface area (Å²) in [5, 5.41) is 3.78. The molecule has 0 radical (unpaired) electrons. The molecule has 0 bridgehead atoms. The van der Waals surface area contributed by atoms with Crippen LogP contribution in [0.2, 0.25) is 0 Å². The number of hydrogen-bond donors (Lipinski definition) is 1. The van der Waals surface area contributed by atoms with E-state index in [2.05, 4.69) is 73.5 Å². The lowest BCUT2D eigenvalue weighted by molar-refractivity contribution is -0.0999. The van der Waals surface area contributed by atoms with Gasteiger partial charge in [-0.25, -0.2) is 0 Å². The van der Waals surface area contributed by atoms with Crippen LogP contribution in [0.3, 0.4) is 0 Å². The Labute approximate surface area is 176 Å². The summed E-state index contributed by atoms with van der Waals surface area (Å²) in [5.74, 6) is 1.36. The van der Waals surface area contributed by atoms with Crippen molar-refractivity contribution in [2.24, 2.45) is 0 Å². The van der Waals surface area contributed by atoms with Gasteiger partial charge >= 0.3 is 0 Å². The van der Waals surface area contributed by atoms with Crippen molar-refractivity contribution in [3.05, 3.63) is 77.9 Å². The van der Waals surface area contributed by atoms with Crippen molar-refractivity contribution < 1.29 is 9.78 Å². The Hall–Kier alpha value is -2.79. The van der Waals surface area contributed by atoms with E-state index in [9.17, 15) is 0 Å². The molecule has 0 amide bonds. The Kier molecular flexibility index (Phi) is 5.86. The van der Waals surface area contributed by atoms with E-state index < -0.39 is 0 Å². The van der Waals surface area contributed by atoms with E-state index in [0.29, 0.717) is 11.5 Å². The summed E-state index contributed by atoms with van der Waals surface area (Å²) in [5.41, 5.74) is 4.87. The lowest BCUT2D eigenvalue weighted by Gasteiger charge is -2.20. The minimum absolute atomic E-state index is 0.217. The Morgan fingerprint density at radius 2 is 1.48 bits per heavy atom. The van der Waals surface area contributed by atoms with Gasteiger partial charge in [-0.05, 0) is 80.4 Å². The Bertz CT molecular complexity index is 954. The first kappa shape index (κ1) is 19.5. The van der Waals surface area contributed by atoms with E-state index in [1.165, 1.54) is 27.4 Å². The highest BCUT2D eigenvalue weighted by Crippen LogP contribution is 2.46. The molecule has 3 aromatic carbocycles. The van der Waals surface area contributed by atoms with Crippen molar-refractivity contribution in [2.45, 2.75) is 31.0 Å². The molecular formula is C24H26N2O2S. The molecular weight excluding hydrogens is 380 g/mol. The first-order valence-corrected chi connectivity index (χ1v) is 10.9. The third kappa shape index (κ3) is 4.46. The summed E-state index contributed by atoms with van der Waals surface area (Å²) in [7, 11) is 0. The van der Waals surface area contributed by atoms with Crippen LogP contribution < -0.4 is 20.0 Å².